The second-order valence-corrected chi connectivity index (χ2v) is 3.66. The van der Waals surface area contributed by atoms with E-state index in [-0.39, 0.29) is 5.56 Å². The van der Waals surface area contributed by atoms with Crippen molar-refractivity contribution in [3.05, 3.63) is 63.3 Å². The van der Waals surface area contributed by atoms with Gasteiger partial charge in [-0.05, 0) is 23.8 Å². The lowest BCUT2D eigenvalue weighted by Gasteiger charge is -1.93. The van der Waals surface area contributed by atoms with Gasteiger partial charge in [0.25, 0.3) is 5.56 Å². The van der Waals surface area contributed by atoms with Gasteiger partial charge in [-0.1, -0.05) is 29.8 Å². The Labute approximate surface area is 97.4 Å². The molecule has 1 N–H and O–H groups in total. The number of aromatic amines is 1. The van der Waals surface area contributed by atoms with Gasteiger partial charge in [0, 0.05) is 11.1 Å². The molecule has 0 bridgehead atoms. The maximum Gasteiger partial charge on any atom is 0.251 e. The molecule has 4 heteroatoms. The summed E-state index contributed by atoms with van der Waals surface area (Å²) >= 11 is 5.77. The van der Waals surface area contributed by atoms with Crippen LogP contribution in [0.4, 0.5) is 0 Å². The van der Waals surface area contributed by atoms with Crippen LogP contribution in [0.25, 0.3) is 12.2 Å². The van der Waals surface area contributed by atoms with E-state index in [9.17, 15) is 4.79 Å². The summed E-state index contributed by atoms with van der Waals surface area (Å²) in [5.41, 5.74) is 1.47. The van der Waals surface area contributed by atoms with Crippen LogP contribution in [-0.2, 0) is 0 Å². The average molecular weight is 233 g/mol. The van der Waals surface area contributed by atoms with Crippen molar-refractivity contribution in [1.29, 1.82) is 0 Å². The Morgan fingerprint density at radius 3 is 2.62 bits per heavy atom. The average Bonchev–Trinajstić information content (AvgIpc) is 2.28. The summed E-state index contributed by atoms with van der Waals surface area (Å²) in [6.45, 7) is 0. The van der Waals surface area contributed by atoms with Gasteiger partial charge in [0.15, 0.2) is 0 Å². The van der Waals surface area contributed by atoms with E-state index in [4.69, 9.17) is 11.6 Å². The van der Waals surface area contributed by atoms with Gasteiger partial charge in [-0.3, -0.25) is 4.79 Å². The second-order valence-electron chi connectivity index (χ2n) is 3.22. The van der Waals surface area contributed by atoms with Crippen molar-refractivity contribution in [2.24, 2.45) is 0 Å². The molecule has 2 aromatic rings. The van der Waals surface area contributed by atoms with Crippen LogP contribution in [0.1, 0.15) is 11.3 Å². The zero-order chi connectivity index (χ0) is 11.4. The van der Waals surface area contributed by atoms with Crippen molar-refractivity contribution in [2.75, 3.05) is 0 Å². The fourth-order valence-electron chi connectivity index (χ4n) is 1.23. The summed E-state index contributed by atoms with van der Waals surface area (Å²) in [7, 11) is 0. The van der Waals surface area contributed by atoms with Crippen molar-refractivity contribution in [1.82, 2.24) is 9.97 Å². The largest absolute Gasteiger partial charge is 0.313 e. The lowest BCUT2D eigenvalue weighted by Crippen LogP contribution is -2.04. The molecular formula is C12H9ClN2O. The summed E-state index contributed by atoms with van der Waals surface area (Å²) in [6.07, 6.45) is 5.03. The van der Waals surface area contributed by atoms with Crippen LogP contribution in [0.2, 0.25) is 5.02 Å². The van der Waals surface area contributed by atoms with Crippen LogP contribution in [0.5, 0.6) is 0 Å². The van der Waals surface area contributed by atoms with E-state index in [1.165, 1.54) is 12.4 Å². The van der Waals surface area contributed by atoms with Crippen LogP contribution in [-0.4, -0.2) is 9.97 Å². The lowest BCUT2D eigenvalue weighted by molar-refractivity contribution is 1.10. The first-order valence-corrected chi connectivity index (χ1v) is 5.10. The number of rotatable bonds is 2. The van der Waals surface area contributed by atoms with Gasteiger partial charge >= 0.3 is 0 Å². The first-order valence-electron chi connectivity index (χ1n) is 4.72. The fraction of sp³-hybridized carbons (Fsp3) is 0. The maximum absolute atomic E-state index is 11.0. The van der Waals surface area contributed by atoms with Gasteiger partial charge in [-0.2, -0.15) is 0 Å². The fourth-order valence-corrected chi connectivity index (χ4v) is 1.36. The van der Waals surface area contributed by atoms with Crippen molar-refractivity contribution in [3.8, 4) is 0 Å². The smallest absolute Gasteiger partial charge is 0.251 e. The predicted molar refractivity (Wildman–Crippen MR) is 65.2 cm³/mol. The third kappa shape index (κ3) is 2.81. The molecule has 0 fully saturated rings. The van der Waals surface area contributed by atoms with Crippen molar-refractivity contribution in [3.63, 3.8) is 0 Å². The highest BCUT2D eigenvalue weighted by molar-refractivity contribution is 6.30. The number of halogens is 1. The van der Waals surface area contributed by atoms with E-state index < -0.39 is 0 Å². The van der Waals surface area contributed by atoms with E-state index in [1.807, 2.05) is 30.3 Å². The highest BCUT2D eigenvalue weighted by Gasteiger charge is 1.90. The molecule has 16 heavy (non-hydrogen) atoms. The van der Waals surface area contributed by atoms with Gasteiger partial charge in [0.1, 0.15) is 0 Å². The Kier molecular flexibility index (Phi) is 3.17. The number of H-pyrrole nitrogens is 1. The van der Waals surface area contributed by atoms with Crippen molar-refractivity contribution < 1.29 is 0 Å². The summed E-state index contributed by atoms with van der Waals surface area (Å²) in [6, 6.07) is 8.85. The SMILES string of the molecule is O=c1cc(C=Cc2ccc(Cl)cc2)nc[nH]1. The van der Waals surface area contributed by atoms with Gasteiger partial charge in [-0.25, -0.2) is 4.98 Å². The first-order chi connectivity index (χ1) is 7.74. The standard InChI is InChI=1S/C12H9ClN2O/c13-10-4-1-9(2-5-10)3-6-11-7-12(16)15-8-14-11/h1-8H,(H,14,15,16). The van der Waals surface area contributed by atoms with E-state index in [0.717, 1.165) is 5.56 Å². The Hall–Kier alpha value is -1.87. The molecule has 1 heterocycles. The molecule has 0 aliphatic carbocycles. The zero-order valence-electron chi connectivity index (χ0n) is 8.35. The molecule has 0 amide bonds. The van der Waals surface area contributed by atoms with E-state index in [0.29, 0.717) is 10.7 Å². The van der Waals surface area contributed by atoms with Crippen LogP contribution >= 0.6 is 11.6 Å². The minimum Gasteiger partial charge on any atom is -0.313 e. The van der Waals surface area contributed by atoms with E-state index >= 15 is 0 Å². The van der Waals surface area contributed by atoms with Crippen LogP contribution in [0.3, 0.4) is 0 Å². The normalized spacial score (nSPS) is 10.8. The molecule has 0 radical (unpaired) electrons. The summed E-state index contributed by atoms with van der Waals surface area (Å²) in [5, 5.41) is 0.700. The molecule has 0 saturated carbocycles. The number of nitrogens with one attached hydrogen (secondary N) is 1. The Balaban J connectivity index is 2.21. The monoisotopic (exact) mass is 232 g/mol. The topological polar surface area (TPSA) is 45.8 Å². The minimum atomic E-state index is -0.161. The number of benzene rings is 1. The molecule has 0 saturated heterocycles. The number of aromatic nitrogens is 2. The summed E-state index contributed by atoms with van der Waals surface area (Å²) < 4.78 is 0. The van der Waals surface area contributed by atoms with Gasteiger partial charge in [0.2, 0.25) is 0 Å². The Bertz CT molecular complexity index is 558. The van der Waals surface area contributed by atoms with Crippen LogP contribution in [0.15, 0.2) is 41.5 Å². The predicted octanol–water partition coefficient (Wildman–Crippen LogP) is 2.59. The van der Waals surface area contributed by atoms with E-state index in [2.05, 4.69) is 9.97 Å². The maximum atomic E-state index is 11.0. The number of hydrogen-bond acceptors (Lipinski definition) is 2. The van der Waals surface area contributed by atoms with E-state index in [1.54, 1.807) is 6.08 Å². The Morgan fingerprint density at radius 1 is 1.19 bits per heavy atom. The summed E-state index contributed by atoms with van der Waals surface area (Å²) in [4.78, 5) is 17.5. The molecular weight excluding hydrogens is 224 g/mol. The molecule has 0 atom stereocenters. The lowest BCUT2D eigenvalue weighted by atomic mass is 10.2. The van der Waals surface area contributed by atoms with Crippen LogP contribution in [0, 0.1) is 0 Å². The number of hydrogen-bond donors (Lipinski definition) is 1. The molecule has 0 aliphatic rings. The molecule has 3 nitrogen and oxygen atoms in total. The molecule has 0 aliphatic heterocycles. The molecule has 1 aromatic carbocycles. The summed E-state index contributed by atoms with van der Waals surface area (Å²) in [5.74, 6) is 0. The molecule has 2 rings (SSSR count). The highest BCUT2D eigenvalue weighted by atomic mass is 35.5. The highest BCUT2D eigenvalue weighted by Crippen LogP contribution is 2.11. The van der Waals surface area contributed by atoms with Crippen LogP contribution < -0.4 is 5.56 Å². The molecule has 80 valence electrons. The number of nitrogens with zero attached hydrogens (tertiary/aromatic N) is 1. The molecule has 0 spiro atoms. The molecule has 0 unspecified atom stereocenters. The van der Waals surface area contributed by atoms with Gasteiger partial charge in [-0.15, -0.1) is 0 Å². The minimum absolute atomic E-state index is 0.161. The van der Waals surface area contributed by atoms with Gasteiger partial charge in [0.05, 0.1) is 12.0 Å². The third-order valence-corrected chi connectivity index (χ3v) is 2.27. The van der Waals surface area contributed by atoms with Crippen molar-refractivity contribution in [2.45, 2.75) is 0 Å². The van der Waals surface area contributed by atoms with Crippen molar-refractivity contribution >= 4 is 23.8 Å². The molecule has 1 aromatic heterocycles. The quantitative estimate of drug-likeness (QED) is 0.865. The second kappa shape index (κ2) is 4.77. The zero-order valence-corrected chi connectivity index (χ0v) is 9.11. The van der Waals surface area contributed by atoms with Gasteiger partial charge < -0.3 is 4.98 Å². The third-order valence-electron chi connectivity index (χ3n) is 2.02. The Morgan fingerprint density at radius 2 is 1.94 bits per heavy atom. The first kappa shape index (κ1) is 10.6.